The van der Waals surface area contributed by atoms with Crippen molar-refractivity contribution in [3.63, 3.8) is 0 Å². The van der Waals surface area contributed by atoms with Gasteiger partial charge in [-0.2, -0.15) is 0 Å². The van der Waals surface area contributed by atoms with E-state index in [1.807, 2.05) is 54.6 Å². The van der Waals surface area contributed by atoms with Crippen LogP contribution in [-0.2, 0) is 16.6 Å². The summed E-state index contributed by atoms with van der Waals surface area (Å²) in [5.41, 5.74) is 4.37. The molecular weight excluding hydrogens is 496 g/mol. The van der Waals surface area contributed by atoms with Crippen molar-refractivity contribution in [1.82, 2.24) is 15.2 Å². The first kappa shape index (κ1) is 24.5. The number of rotatable bonds is 8. The van der Waals surface area contributed by atoms with Crippen LogP contribution in [0.4, 0.5) is 11.0 Å². The normalized spacial score (nSPS) is 18.2. The molecule has 0 saturated heterocycles. The third kappa shape index (κ3) is 4.62. The number of nitrogens with zero attached hydrogens (tertiary/aromatic N) is 4. The number of anilines is 2. The van der Waals surface area contributed by atoms with Crippen LogP contribution in [-0.4, -0.2) is 39.4 Å². The molecule has 194 valence electrons. The summed E-state index contributed by atoms with van der Waals surface area (Å²) in [6.45, 7) is 5.23. The molecule has 38 heavy (non-hydrogen) atoms. The minimum Gasteiger partial charge on any atom is -0.402 e. The van der Waals surface area contributed by atoms with E-state index in [0.717, 1.165) is 58.2 Å². The van der Waals surface area contributed by atoms with E-state index < -0.39 is 6.17 Å². The van der Waals surface area contributed by atoms with Crippen molar-refractivity contribution in [3.8, 4) is 11.6 Å². The number of hydrogen-bond acceptors (Lipinski definition) is 9. The van der Waals surface area contributed by atoms with Crippen LogP contribution >= 0.6 is 11.3 Å². The van der Waals surface area contributed by atoms with Gasteiger partial charge in [0.1, 0.15) is 10.0 Å². The number of thiazole rings is 1. The minimum absolute atomic E-state index is 0.0673. The Morgan fingerprint density at radius 1 is 1.08 bits per heavy atom. The first-order chi connectivity index (χ1) is 18.5. The Labute approximate surface area is 225 Å². The average molecular weight is 527 g/mol. The van der Waals surface area contributed by atoms with Gasteiger partial charge in [0.25, 0.3) is 5.89 Å². The zero-order valence-electron chi connectivity index (χ0n) is 21.5. The van der Waals surface area contributed by atoms with E-state index in [1.54, 1.807) is 11.3 Å². The van der Waals surface area contributed by atoms with Crippen LogP contribution in [0.3, 0.4) is 0 Å². The smallest absolute Gasteiger partial charge is 0.317 e. The van der Waals surface area contributed by atoms with E-state index in [2.05, 4.69) is 34.7 Å². The second-order valence-electron chi connectivity index (χ2n) is 10.1. The Kier molecular flexibility index (Phi) is 6.53. The average Bonchev–Trinajstić information content (AvgIpc) is 3.53. The predicted molar refractivity (Wildman–Crippen MR) is 150 cm³/mol. The quantitative estimate of drug-likeness (QED) is 0.296. The number of Topliss-reactive ketones (excluding diaryl/α,β-unsaturated/α-hetero) is 1. The van der Waals surface area contributed by atoms with Crippen LogP contribution in [0.5, 0.6) is 0 Å². The lowest BCUT2D eigenvalue weighted by Crippen LogP contribution is -2.30. The minimum atomic E-state index is -0.858. The number of ketones is 1. The van der Waals surface area contributed by atoms with E-state index in [9.17, 15) is 4.79 Å². The summed E-state index contributed by atoms with van der Waals surface area (Å²) < 4.78 is 6.03. The van der Waals surface area contributed by atoms with Crippen molar-refractivity contribution in [3.05, 3.63) is 76.3 Å². The third-order valence-corrected chi connectivity index (χ3v) is 8.59. The molecule has 0 radical (unpaired) electrons. The van der Waals surface area contributed by atoms with Crippen LogP contribution in [0.2, 0.25) is 0 Å². The van der Waals surface area contributed by atoms with Gasteiger partial charge in [0.2, 0.25) is 0 Å². The third-order valence-electron chi connectivity index (χ3n) is 7.27. The molecule has 0 bridgehead atoms. The molecule has 1 atom stereocenters. The summed E-state index contributed by atoms with van der Waals surface area (Å²) in [7, 11) is 0. The summed E-state index contributed by atoms with van der Waals surface area (Å²) in [6, 6.07) is 18.0. The van der Waals surface area contributed by atoms with Gasteiger partial charge in [0, 0.05) is 29.5 Å². The maximum Gasteiger partial charge on any atom is 0.317 e. The van der Waals surface area contributed by atoms with Gasteiger partial charge in [0.05, 0.1) is 5.71 Å². The van der Waals surface area contributed by atoms with Gasteiger partial charge >= 0.3 is 6.01 Å². The molecule has 0 spiro atoms. The van der Waals surface area contributed by atoms with Crippen LogP contribution in [0.1, 0.15) is 61.2 Å². The van der Waals surface area contributed by atoms with Crippen molar-refractivity contribution >= 4 is 33.8 Å². The maximum atomic E-state index is 13.3. The van der Waals surface area contributed by atoms with Crippen LogP contribution < -0.4 is 10.6 Å². The van der Waals surface area contributed by atoms with Gasteiger partial charge in [0.15, 0.2) is 17.6 Å². The molecule has 1 fully saturated rings. The van der Waals surface area contributed by atoms with E-state index in [-0.39, 0.29) is 23.6 Å². The Balaban J connectivity index is 1.31. The molecule has 3 heterocycles. The van der Waals surface area contributed by atoms with Gasteiger partial charge in [-0.25, -0.2) is 4.98 Å². The monoisotopic (exact) mass is 526 g/mol. The van der Waals surface area contributed by atoms with Crippen LogP contribution in [0.15, 0.2) is 64.0 Å². The second kappa shape index (κ2) is 10.1. The van der Waals surface area contributed by atoms with Crippen molar-refractivity contribution in [2.24, 2.45) is 4.99 Å². The van der Waals surface area contributed by atoms with E-state index in [1.165, 1.54) is 6.42 Å². The number of aromatic nitrogens is 3. The number of benzene rings is 2. The summed E-state index contributed by atoms with van der Waals surface area (Å²) in [5, 5.41) is 17.1. The molecule has 9 heteroatoms. The number of fused-ring (bicyclic) bond motifs is 1. The highest BCUT2D eigenvalue weighted by Crippen LogP contribution is 2.47. The summed E-state index contributed by atoms with van der Waals surface area (Å²) in [4.78, 5) is 23.1. The molecule has 6 rings (SSSR count). The van der Waals surface area contributed by atoms with Crippen LogP contribution in [0.25, 0.3) is 11.6 Å². The fraction of sp³-hybridized carbons (Fsp3) is 0.345. The molecule has 2 aliphatic rings. The number of aliphatic imine (C=N–C) groups is 1. The van der Waals surface area contributed by atoms with Gasteiger partial charge in [-0.3, -0.25) is 9.79 Å². The standard InChI is InChI=1S/C29H30N6O2S/c1-3-16-30-26-23(32-27(38-26)29(2)14-9-15-29)25-34-35-28(37-25)33-24-21(36)17-19-12-7-8-13-20(19)22(31-24)18-10-5-4-6-11-18/h4-8,10-13,24,30H,3,9,14-17H2,1-2H3,(H,33,35)/t24-/m1/s1. The molecule has 0 unspecified atom stereocenters. The lowest BCUT2D eigenvalue weighted by atomic mass is 9.71. The Hall–Kier alpha value is -3.85. The molecule has 4 aromatic rings. The van der Waals surface area contributed by atoms with Crippen LogP contribution in [0, 0.1) is 0 Å². The highest BCUT2D eigenvalue weighted by molar-refractivity contribution is 7.16. The Morgan fingerprint density at radius 3 is 2.63 bits per heavy atom. The topological polar surface area (TPSA) is 105 Å². The molecule has 8 nitrogen and oxygen atoms in total. The molecule has 1 aliphatic heterocycles. The summed E-state index contributed by atoms with van der Waals surface area (Å²) in [6.07, 6.45) is 3.89. The number of hydrogen-bond donors (Lipinski definition) is 2. The Morgan fingerprint density at radius 2 is 1.87 bits per heavy atom. The van der Waals surface area contributed by atoms with Crippen molar-refractivity contribution in [2.45, 2.75) is 57.5 Å². The zero-order valence-corrected chi connectivity index (χ0v) is 22.3. The van der Waals surface area contributed by atoms with E-state index in [4.69, 9.17) is 14.4 Å². The molecular formula is C29H30N6O2S. The summed E-state index contributed by atoms with van der Waals surface area (Å²) >= 11 is 1.67. The maximum absolute atomic E-state index is 13.3. The Bertz CT molecular complexity index is 1490. The number of nitrogens with one attached hydrogen (secondary N) is 2. The molecule has 2 aromatic heterocycles. The first-order valence-corrected chi connectivity index (χ1v) is 14.0. The lowest BCUT2D eigenvalue weighted by Gasteiger charge is -2.36. The molecule has 2 aromatic carbocycles. The first-order valence-electron chi connectivity index (χ1n) is 13.1. The predicted octanol–water partition coefficient (Wildman–Crippen LogP) is 5.86. The SMILES string of the molecule is CCCNc1sc(C2(C)CCC2)nc1-c1nnc(N[C@H]2N=C(c3ccccc3)c3ccccc3CC2=O)o1. The van der Waals surface area contributed by atoms with Gasteiger partial charge in [-0.15, -0.1) is 16.4 Å². The largest absolute Gasteiger partial charge is 0.402 e. The fourth-order valence-electron chi connectivity index (χ4n) is 4.90. The molecule has 1 saturated carbocycles. The second-order valence-corrected chi connectivity index (χ2v) is 11.1. The van der Waals surface area contributed by atoms with Gasteiger partial charge in [-0.05, 0) is 24.8 Å². The van der Waals surface area contributed by atoms with Gasteiger partial charge < -0.3 is 15.1 Å². The molecule has 1 aliphatic carbocycles. The van der Waals surface area contributed by atoms with E-state index in [0.29, 0.717) is 11.6 Å². The lowest BCUT2D eigenvalue weighted by molar-refractivity contribution is -0.119. The highest BCUT2D eigenvalue weighted by atomic mass is 32.1. The van der Waals surface area contributed by atoms with E-state index >= 15 is 0 Å². The van der Waals surface area contributed by atoms with Crippen molar-refractivity contribution in [1.29, 1.82) is 0 Å². The number of carbonyl (C=O) groups is 1. The molecule has 0 amide bonds. The summed E-state index contributed by atoms with van der Waals surface area (Å²) in [5.74, 6) is 0.260. The van der Waals surface area contributed by atoms with Crippen molar-refractivity contribution < 1.29 is 9.21 Å². The zero-order chi connectivity index (χ0) is 26.1. The number of carbonyl (C=O) groups excluding carboxylic acids is 1. The highest BCUT2D eigenvalue weighted by Gasteiger charge is 2.38. The molecule has 2 N–H and O–H groups in total. The van der Waals surface area contributed by atoms with Gasteiger partial charge in [-0.1, -0.05) is 80.0 Å². The fourth-order valence-corrected chi connectivity index (χ4v) is 6.08. The van der Waals surface area contributed by atoms with Crippen molar-refractivity contribution in [2.75, 3.05) is 17.2 Å².